The number of anilines is 2. The van der Waals surface area contributed by atoms with E-state index in [0.717, 1.165) is 28.0 Å². The average molecular weight is 487 g/mol. The zero-order valence-electron chi connectivity index (χ0n) is 18.1. The van der Waals surface area contributed by atoms with Crippen molar-refractivity contribution in [3.05, 3.63) is 99.9 Å². The predicted octanol–water partition coefficient (Wildman–Crippen LogP) is 6.76. The number of hydrogen-bond acceptors (Lipinski definition) is 4. The van der Waals surface area contributed by atoms with Gasteiger partial charge >= 0.3 is 0 Å². The lowest BCUT2D eigenvalue weighted by Crippen LogP contribution is -2.11. The molecule has 8 heteroatoms. The van der Waals surface area contributed by atoms with Crippen molar-refractivity contribution >= 4 is 56.5 Å². The quantitative estimate of drug-likeness (QED) is 0.256. The number of rotatable bonds is 5. The maximum atomic E-state index is 12.9. The van der Waals surface area contributed by atoms with Crippen LogP contribution in [0.25, 0.3) is 22.4 Å². The molecule has 0 radical (unpaired) electrons. The SMILES string of the molecule is Cc1cc(NC(=O)c2ccccc2Cl)sc1C(=O)Nc1ccc(-c2nc3ccccc3[nH]2)cc1. The third-order valence-electron chi connectivity index (χ3n) is 5.28. The van der Waals surface area contributed by atoms with E-state index in [0.29, 0.717) is 26.2 Å². The summed E-state index contributed by atoms with van der Waals surface area (Å²) in [6, 6.07) is 23.9. The van der Waals surface area contributed by atoms with Crippen LogP contribution in [-0.4, -0.2) is 21.8 Å². The summed E-state index contributed by atoms with van der Waals surface area (Å²) in [7, 11) is 0. The molecule has 3 N–H and O–H groups in total. The first-order valence-electron chi connectivity index (χ1n) is 10.5. The molecule has 6 nitrogen and oxygen atoms in total. The van der Waals surface area contributed by atoms with Gasteiger partial charge in [-0.1, -0.05) is 35.9 Å². The Labute approximate surface area is 204 Å². The van der Waals surface area contributed by atoms with Crippen LogP contribution in [0.2, 0.25) is 5.02 Å². The van der Waals surface area contributed by atoms with E-state index in [1.54, 1.807) is 30.3 Å². The fourth-order valence-corrected chi connectivity index (χ4v) is 4.77. The number of nitrogens with one attached hydrogen (secondary N) is 3. The molecule has 0 aliphatic carbocycles. The number of halogens is 1. The summed E-state index contributed by atoms with van der Waals surface area (Å²) in [5.74, 6) is 0.212. The van der Waals surface area contributed by atoms with Gasteiger partial charge in [0.15, 0.2) is 0 Å². The van der Waals surface area contributed by atoms with Crippen LogP contribution >= 0.6 is 22.9 Å². The summed E-state index contributed by atoms with van der Waals surface area (Å²) in [5.41, 5.74) is 4.62. The Hall–Kier alpha value is -3.94. The fourth-order valence-electron chi connectivity index (χ4n) is 3.58. The average Bonchev–Trinajstić information content (AvgIpc) is 3.43. The molecule has 2 heterocycles. The molecular weight excluding hydrogens is 468 g/mol. The monoisotopic (exact) mass is 486 g/mol. The molecule has 3 aromatic carbocycles. The number of para-hydroxylation sites is 2. The third-order valence-corrected chi connectivity index (χ3v) is 6.77. The highest BCUT2D eigenvalue weighted by Crippen LogP contribution is 2.29. The molecule has 0 fully saturated rings. The number of fused-ring (bicyclic) bond motifs is 1. The molecule has 0 bridgehead atoms. The van der Waals surface area contributed by atoms with Crippen molar-refractivity contribution in [2.45, 2.75) is 6.92 Å². The Morgan fingerprint density at radius 2 is 1.65 bits per heavy atom. The van der Waals surface area contributed by atoms with Crippen LogP contribution in [0.4, 0.5) is 10.7 Å². The summed E-state index contributed by atoms with van der Waals surface area (Å²) in [5, 5.41) is 6.69. The molecular formula is C26H19ClN4O2S. The number of carbonyl (C=O) groups is 2. The van der Waals surface area contributed by atoms with Crippen LogP contribution in [0.5, 0.6) is 0 Å². The molecule has 0 aliphatic heterocycles. The number of carbonyl (C=O) groups excluding carboxylic acids is 2. The molecule has 2 amide bonds. The normalized spacial score (nSPS) is 10.9. The Morgan fingerprint density at radius 1 is 0.912 bits per heavy atom. The zero-order chi connectivity index (χ0) is 23.7. The fraction of sp³-hybridized carbons (Fsp3) is 0.0385. The maximum Gasteiger partial charge on any atom is 0.266 e. The summed E-state index contributed by atoms with van der Waals surface area (Å²) in [6.45, 7) is 1.83. The van der Waals surface area contributed by atoms with Crippen LogP contribution in [0.1, 0.15) is 25.6 Å². The van der Waals surface area contributed by atoms with E-state index in [9.17, 15) is 9.59 Å². The lowest BCUT2D eigenvalue weighted by atomic mass is 10.2. The Bertz CT molecular complexity index is 1490. The second kappa shape index (κ2) is 9.13. The highest BCUT2D eigenvalue weighted by Gasteiger charge is 2.17. The number of aromatic amines is 1. The van der Waals surface area contributed by atoms with Gasteiger partial charge in [-0.15, -0.1) is 11.3 Å². The van der Waals surface area contributed by atoms with E-state index in [-0.39, 0.29) is 11.8 Å². The van der Waals surface area contributed by atoms with Crippen molar-refractivity contribution < 1.29 is 9.59 Å². The summed E-state index contributed by atoms with van der Waals surface area (Å²) in [6.07, 6.45) is 0. The summed E-state index contributed by atoms with van der Waals surface area (Å²) in [4.78, 5) is 33.8. The van der Waals surface area contributed by atoms with Crippen molar-refractivity contribution in [2.24, 2.45) is 0 Å². The van der Waals surface area contributed by atoms with E-state index in [1.165, 1.54) is 11.3 Å². The number of benzene rings is 3. The van der Waals surface area contributed by atoms with Gasteiger partial charge in [0.2, 0.25) is 0 Å². The van der Waals surface area contributed by atoms with Crippen molar-refractivity contribution in [3.63, 3.8) is 0 Å². The van der Waals surface area contributed by atoms with E-state index in [4.69, 9.17) is 11.6 Å². The van der Waals surface area contributed by atoms with Gasteiger partial charge in [0.05, 0.1) is 31.5 Å². The minimum absolute atomic E-state index is 0.239. The first-order valence-corrected chi connectivity index (χ1v) is 11.7. The number of imidazole rings is 1. The van der Waals surface area contributed by atoms with Crippen LogP contribution in [-0.2, 0) is 0 Å². The number of amides is 2. The van der Waals surface area contributed by atoms with Gasteiger partial charge in [-0.2, -0.15) is 0 Å². The molecule has 0 unspecified atom stereocenters. The second-order valence-electron chi connectivity index (χ2n) is 7.69. The predicted molar refractivity (Wildman–Crippen MR) is 138 cm³/mol. The van der Waals surface area contributed by atoms with Crippen LogP contribution < -0.4 is 10.6 Å². The van der Waals surface area contributed by atoms with Crippen molar-refractivity contribution in [1.29, 1.82) is 0 Å². The maximum absolute atomic E-state index is 12.9. The topological polar surface area (TPSA) is 86.9 Å². The van der Waals surface area contributed by atoms with Gasteiger partial charge in [0.1, 0.15) is 5.82 Å². The van der Waals surface area contributed by atoms with Crippen LogP contribution in [0.3, 0.4) is 0 Å². The molecule has 2 aromatic heterocycles. The molecule has 0 spiro atoms. The number of nitrogens with zero attached hydrogens (tertiary/aromatic N) is 1. The number of thiophene rings is 1. The van der Waals surface area contributed by atoms with Gasteiger partial charge in [0.25, 0.3) is 11.8 Å². The Balaban J connectivity index is 1.28. The minimum Gasteiger partial charge on any atom is -0.338 e. The van der Waals surface area contributed by atoms with Crippen molar-refractivity contribution in [3.8, 4) is 11.4 Å². The molecule has 5 aromatic rings. The molecule has 0 aliphatic rings. The Kier molecular flexibility index (Phi) is 5.88. The van der Waals surface area contributed by atoms with Gasteiger partial charge < -0.3 is 15.6 Å². The smallest absolute Gasteiger partial charge is 0.266 e. The van der Waals surface area contributed by atoms with Crippen molar-refractivity contribution in [2.75, 3.05) is 10.6 Å². The molecule has 168 valence electrons. The molecule has 34 heavy (non-hydrogen) atoms. The Morgan fingerprint density at radius 3 is 2.41 bits per heavy atom. The molecule has 5 rings (SSSR count). The van der Waals surface area contributed by atoms with Gasteiger partial charge in [-0.25, -0.2) is 4.98 Å². The second-order valence-corrected chi connectivity index (χ2v) is 9.15. The molecule has 0 saturated carbocycles. The van der Waals surface area contributed by atoms with E-state index in [2.05, 4.69) is 20.6 Å². The number of aromatic nitrogens is 2. The first kappa shape index (κ1) is 21.9. The van der Waals surface area contributed by atoms with Gasteiger partial charge in [-0.3, -0.25) is 9.59 Å². The minimum atomic E-state index is -0.319. The summed E-state index contributed by atoms with van der Waals surface area (Å²) >= 11 is 7.32. The standard InChI is InChI=1S/C26H19ClN4O2S/c1-15-14-22(31-25(32)18-6-2-3-7-19(18)27)34-23(15)26(33)28-17-12-10-16(11-13-17)24-29-20-8-4-5-9-21(20)30-24/h2-14H,1H3,(H,28,33)(H,29,30)(H,31,32). The van der Waals surface area contributed by atoms with Gasteiger partial charge in [-0.05, 0) is 67.1 Å². The summed E-state index contributed by atoms with van der Waals surface area (Å²) < 4.78 is 0. The van der Waals surface area contributed by atoms with Crippen LogP contribution in [0, 0.1) is 6.92 Å². The van der Waals surface area contributed by atoms with E-state index < -0.39 is 0 Å². The largest absolute Gasteiger partial charge is 0.338 e. The molecule has 0 saturated heterocycles. The highest BCUT2D eigenvalue weighted by atomic mass is 35.5. The molecule has 0 atom stereocenters. The number of H-pyrrole nitrogens is 1. The van der Waals surface area contributed by atoms with Crippen molar-refractivity contribution in [1.82, 2.24) is 9.97 Å². The first-order chi connectivity index (χ1) is 16.5. The van der Waals surface area contributed by atoms with E-state index in [1.807, 2.05) is 55.5 Å². The van der Waals surface area contributed by atoms with E-state index >= 15 is 0 Å². The van der Waals surface area contributed by atoms with Gasteiger partial charge in [0, 0.05) is 11.3 Å². The van der Waals surface area contributed by atoms with Crippen LogP contribution in [0.15, 0.2) is 78.9 Å². The number of hydrogen-bond donors (Lipinski definition) is 3. The highest BCUT2D eigenvalue weighted by molar-refractivity contribution is 7.18. The lowest BCUT2D eigenvalue weighted by molar-refractivity contribution is 0.102. The number of aryl methyl sites for hydroxylation is 1. The third kappa shape index (κ3) is 4.44. The lowest BCUT2D eigenvalue weighted by Gasteiger charge is -2.06. The zero-order valence-corrected chi connectivity index (χ0v) is 19.6.